The predicted molar refractivity (Wildman–Crippen MR) is 71.5 cm³/mol. The van der Waals surface area contributed by atoms with Crippen LogP contribution in [0.25, 0.3) is 0 Å². The summed E-state index contributed by atoms with van der Waals surface area (Å²) in [7, 11) is -2.94. The molecule has 1 aromatic carbocycles. The normalized spacial score (nSPS) is 17.5. The van der Waals surface area contributed by atoms with Crippen molar-refractivity contribution in [3.8, 4) is 0 Å². The highest BCUT2D eigenvalue weighted by Gasteiger charge is 2.45. The van der Waals surface area contributed by atoms with Gasteiger partial charge in [-0.1, -0.05) is 18.2 Å². The van der Waals surface area contributed by atoms with E-state index in [1.165, 1.54) is 6.07 Å². The first kappa shape index (κ1) is 16.8. The van der Waals surface area contributed by atoms with Crippen LogP contribution in [0, 0.1) is 0 Å². The third-order valence-corrected chi connectivity index (χ3v) is 5.83. The Labute approximate surface area is 125 Å². The van der Waals surface area contributed by atoms with Crippen molar-refractivity contribution in [2.45, 2.75) is 30.3 Å². The largest absolute Gasteiger partial charge is 0.480 e. The molecule has 1 aliphatic carbocycles. The van der Waals surface area contributed by atoms with Crippen molar-refractivity contribution in [2.75, 3.05) is 7.05 Å². The Hall–Kier alpha value is -1.61. The minimum atomic E-state index is -4.77. The van der Waals surface area contributed by atoms with Gasteiger partial charge in [-0.3, -0.25) is 4.79 Å². The van der Waals surface area contributed by atoms with E-state index in [9.17, 15) is 31.5 Å². The maximum atomic E-state index is 13.0. The maximum absolute atomic E-state index is 13.0. The molecule has 22 heavy (non-hydrogen) atoms. The number of likely N-dealkylation sites (N-methyl/N-ethyl adjacent to an activating group) is 1. The van der Waals surface area contributed by atoms with Crippen molar-refractivity contribution in [3.63, 3.8) is 0 Å². The van der Waals surface area contributed by atoms with Crippen molar-refractivity contribution in [3.05, 3.63) is 35.4 Å². The van der Waals surface area contributed by atoms with Gasteiger partial charge in [-0.15, -0.1) is 0 Å². The minimum Gasteiger partial charge on any atom is -0.480 e. The summed E-state index contributed by atoms with van der Waals surface area (Å²) in [6.45, 7) is 0. The smallest absolute Gasteiger partial charge is 0.416 e. The van der Waals surface area contributed by atoms with E-state index >= 15 is 0 Å². The molecule has 1 fully saturated rings. The number of carboxylic acids is 1. The number of sulfonamides is 1. The second-order valence-corrected chi connectivity index (χ2v) is 7.36. The minimum absolute atomic E-state index is 0.389. The average molecular weight is 337 g/mol. The molecule has 1 saturated carbocycles. The van der Waals surface area contributed by atoms with Gasteiger partial charge < -0.3 is 5.11 Å². The maximum Gasteiger partial charge on any atom is 0.416 e. The number of nitrogens with zero attached hydrogens (tertiary/aromatic N) is 1. The Morgan fingerprint density at radius 2 is 1.86 bits per heavy atom. The van der Waals surface area contributed by atoms with Crippen molar-refractivity contribution >= 4 is 16.0 Å². The van der Waals surface area contributed by atoms with Crippen molar-refractivity contribution in [1.29, 1.82) is 0 Å². The van der Waals surface area contributed by atoms with Gasteiger partial charge in [-0.05, 0) is 24.5 Å². The Bertz CT molecular complexity index is 683. The number of hydrogen-bond acceptors (Lipinski definition) is 3. The van der Waals surface area contributed by atoms with Crippen LogP contribution in [0.1, 0.15) is 30.0 Å². The lowest BCUT2D eigenvalue weighted by molar-refractivity contribution is -0.143. The monoisotopic (exact) mass is 337 g/mol. The SMILES string of the molecule is CN(C(C(=O)O)c1ccccc1C(F)(F)F)S(=O)(=O)C1CC1. The molecule has 0 bridgehead atoms. The fourth-order valence-electron chi connectivity index (χ4n) is 2.23. The predicted octanol–water partition coefficient (Wildman–Crippen LogP) is 2.26. The van der Waals surface area contributed by atoms with E-state index < -0.39 is 44.6 Å². The molecular weight excluding hydrogens is 323 g/mol. The fourth-order valence-corrected chi connectivity index (χ4v) is 3.93. The Kier molecular flexibility index (Phi) is 4.22. The van der Waals surface area contributed by atoms with Gasteiger partial charge in [0.15, 0.2) is 0 Å². The Morgan fingerprint density at radius 1 is 1.32 bits per heavy atom. The molecule has 0 spiro atoms. The molecule has 0 aromatic heterocycles. The van der Waals surface area contributed by atoms with Gasteiger partial charge >= 0.3 is 12.1 Å². The Balaban J connectivity index is 2.52. The lowest BCUT2D eigenvalue weighted by Gasteiger charge is -2.26. The van der Waals surface area contributed by atoms with Gasteiger partial charge in [0.1, 0.15) is 6.04 Å². The molecule has 0 radical (unpaired) electrons. The molecule has 0 aliphatic heterocycles. The van der Waals surface area contributed by atoms with Gasteiger partial charge in [-0.2, -0.15) is 17.5 Å². The van der Waals surface area contributed by atoms with Gasteiger partial charge in [0.25, 0.3) is 0 Å². The van der Waals surface area contributed by atoms with Gasteiger partial charge in [0, 0.05) is 7.05 Å². The molecule has 1 N–H and O–H groups in total. The lowest BCUT2D eigenvalue weighted by atomic mass is 10.00. The van der Waals surface area contributed by atoms with Gasteiger partial charge in [-0.25, -0.2) is 8.42 Å². The van der Waals surface area contributed by atoms with Crippen LogP contribution in [0.4, 0.5) is 13.2 Å². The highest BCUT2D eigenvalue weighted by Crippen LogP contribution is 2.39. The number of benzene rings is 1. The number of alkyl halides is 3. The summed E-state index contributed by atoms with van der Waals surface area (Å²) >= 11 is 0. The molecule has 9 heteroatoms. The van der Waals surface area contributed by atoms with E-state index in [2.05, 4.69) is 0 Å². The molecule has 0 heterocycles. The summed E-state index contributed by atoms with van der Waals surface area (Å²) in [5.74, 6) is -1.65. The standard InChI is InChI=1S/C13H14F3NO4S/c1-17(22(20,21)8-6-7-8)11(12(18)19)9-4-2-3-5-10(9)13(14,15)16/h2-5,8,11H,6-7H2,1H3,(H,18,19). The third-order valence-electron chi connectivity index (χ3n) is 3.51. The zero-order valence-corrected chi connectivity index (χ0v) is 12.4. The number of halogens is 3. The van der Waals surface area contributed by atoms with Gasteiger partial charge in [0.2, 0.25) is 10.0 Å². The van der Waals surface area contributed by atoms with E-state index in [0.717, 1.165) is 25.2 Å². The second kappa shape index (κ2) is 5.54. The molecule has 122 valence electrons. The van der Waals surface area contributed by atoms with Crippen molar-refractivity contribution in [1.82, 2.24) is 4.31 Å². The summed E-state index contributed by atoms with van der Waals surface area (Å²) in [4.78, 5) is 11.4. The number of hydrogen-bond donors (Lipinski definition) is 1. The molecule has 0 saturated heterocycles. The summed E-state index contributed by atoms with van der Waals surface area (Å²) in [6.07, 6.45) is -3.99. The summed E-state index contributed by atoms with van der Waals surface area (Å²) < 4.78 is 64.0. The molecule has 1 unspecified atom stereocenters. The molecule has 1 aromatic rings. The average Bonchev–Trinajstić information content (AvgIpc) is 3.22. The van der Waals surface area contributed by atoms with Crippen LogP contribution in [0.15, 0.2) is 24.3 Å². The number of carboxylic acid groups (broad SMARTS) is 1. The van der Waals surface area contributed by atoms with Crippen LogP contribution < -0.4 is 0 Å². The van der Waals surface area contributed by atoms with E-state index in [0.29, 0.717) is 17.1 Å². The highest BCUT2D eigenvalue weighted by atomic mass is 32.2. The summed E-state index contributed by atoms with van der Waals surface area (Å²) in [6, 6.07) is 2.19. The van der Waals surface area contributed by atoms with E-state index in [1.54, 1.807) is 0 Å². The first-order valence-corrected chi connectivity index (χ1v) is 7.93. The summed E-state index contributed by atoms with van der Waals surface area (Å²) in [5, 5.41) is 8.57. The first-order chi connectivity index (χ1) is 10.1. The molecule has 1 aliphatic rings. The topological polar surface area (TPSA) is 74.7 Å². The van der Waals surface area contributed by atoms with Crippen LogP contribution in [-0.4, -0.2) is 36.1 Å². The second-order valence-electron chi connectivity index (χ2n) is 5.09. The molecule has 1 atom stereocenters. The van der Waals surface area contributed by atoms with E-state index in [1.807, 2.05) is 0 Å². The summed E-state index contributed by atoms with van der Waals surface area (Å²) in [5.41, 5.74) is -1.74. The number of carbonyl (C=O) groups is 1. The first-order valence-electron chi connectivity index (χ1n) is 6.42. The third kappa shape index (κ3) is 3.09. The number of rotatable bonds is 5. The van der Waals surface area contributed by atoms with Crippen LogP contribution in [0.2, 0.25) is 0 Å². The van der Waals surface area contributed by atoms with Crippen LogP contribution in [0.3, 0.4) is 0 Å². The Morgan fingerprint density at radius 3 is 2.32 bits per heavy atom. The fraction of sp³-hybridized carbons (Fsp3) is 0.462. The van der Waals surface area contributed by atoms with Gasteiger partial charge in [0.05, 0.1) is 10.8 Å². The zero-order chi connectivity index (χ0) is 16.7. The van der Waals surface area contributed by atoms with Crippen LogP contribution in [-0.2, 0) is 21.0 Å². The molecule has 0 amide bonds. The van der Waals surface area contributed by atoms with Crippen LogP contribution in [0.5, 0.6) is 0 Å². The lowest BCUT2D eigenvalue weighted by Crippen LogP contribution is -2.38. The highest BCUT2D eigenvalue weighted by molar-refractivity contribution is 7.90. The van der Waals surface area contributed by atoms with Crippen LogP contribution >= 0.6 is 0 Å². The van der Waals surface area contributed by atoms with Crippen molar-refractivity contribution < 1.29 is 31.5 Å². The van der Waals surface area contributed by atoms with E-state index in [4.69, 9.17) is 0 Å². The molecular formula is C13H14F3NO4S. The zero-order valence-electron chi connectivity index (χ0n) is 11.5. The number of aliphatic carboxylic acids is 1. The molecule has 2 rings (SSSR count). The molecule has 5 nitrogen and oxygen atoms in total. The van der Waals surface area contributed by atoms with Crippen molar-refractivity contribution in [2.24, 2.45) is 0 Å². The van der Waals surface area contributed by atoms with E-state index in [-0.39, 0.29) is 0 Å². The quantitative estimate of drug-likeness (QED) is 0.894.